The molecule has 0 radical (unpaired) electrons. The lowest BCUT2D eigenvalue weighted by atomic mass is 9.91. The van der Waals surface area contributed by atoms with E-state index in [1.807, 2.05) is 30.3 Å². The summed E-state index contributed by atoms with van der Waals surface area (Å²) in [7, 11) is 0. The zero-order valence-electron chi connectivity index (χ0n) is 11.2. The third kappa shape index (κ3) is 2.42. The standard InChI is InChI=1S/C15H18N2O3/c18-10-15(5-7-20-8-6-15)17-14(19)13-9-11-3-1-2-4-12(11)16-13/h1-4,9,16,18H,5-8,10H2,(H,17,19). The van der Waals surface area contributed by atoms with Crippen LogP contribution in [0.4, 0.5) is 0 Å². The average Bonchev–Trinajstić information content (AvgIpc) is 2.92. The van der Waals surface area contributed by atoms with Crippen molar-refractivity contribution in [2.45, 2.75) is 18.4 Å². The summed E-state index contributed by atoms with van der Waals surface area (Å²) >= 11 is 0. The molecule has 20 heavy (non-hydrogen) atoms. The van der Waals surface area contributed by atoms with Gasteiger partial charge in [-0.05, 0) is 25.0 Å². The number of aromatic nitrogens is 1. The molecule has 0 aliphatic carbocycles. The van der Waals surface area contributed by atoms with E-state index in [2.05, 4.69) is 10.3 Å². The topological polar surface area (TPSA) is 74.3 Å². The minimum Gasteiger partial charge on any atom is -0.394 e. The number of amides is 1. The van der Waals surface area contributed by atoms with Crippen molar-refractivity contribution >= 4 is 16.8 Å². The molecule has 0 spiro atoms. The molecule has 5 heteroatoms. The molecular weight excluding hydrogens is 256 g/mol. The number of ether oxygens (including phenoxy) is 1. The molecule has 0 atom stereocenters. The highest BCUT2D eigenvalue weighted by Gasteiger charge is 2.34. The van der Waals surface area contributed by atoms with E-state index in [-0.39, 0.29) is 12.5 Å². The highest BCUT2D eigenvalue weighted by atomic mass is 16.5. The van der Waals surface area contributed by atoms with Crippen LogP contribution in [0, 0.1) is 0 Å². The molecule has 0 saturated carbocycles. The number of nitrogens with one attached hydrogen (secondary N) is 2. The van der Waals surface area contributed by atoms with E-state index in [1.165, 1.54) is 0 Å². The van der Waals surface area contributed by atoms with Crippen LogP contribution in [0.3, 0.4) is 0 Å². The van der Waals surface area contributed by atoms with Gasteiger partial charge in [-0.2, -0.15) is 0 Å². The molecule has 0 unspecified atom stereocenters. The highest BCUT2D eigenvalue weighted by molar-refractivity contribution is 5.98. The normalized spacial score (nSPS) is 18.1. The number of aromatic amines is 1. The molecule has 0 bridgehead atoms. The lowest BCUT2D eigenvalue weighted by Gasteiger charge is -2.36. The van der Waals surface area contributed by atoms with Gasteiger partial charge in [0.1, 0.15) is 5.69 Å². The van der Waals surface area contributed by atoms with Crippen LogP contribution in [0.5, 0.6) is 0 Å². The number of carbonyl (C=O) groups excluding carboxylic acids is 1. The van der Waals surface area contributed by atoms with E-state index in [9.17, 15) is 9.90 Å². The summed E-state index contributed by atoms with van der Waals surface area (Å²) in [5.74, 6) is -0.183. The number of para-hydroxylation sites is 1. The first-order valence-electron chi connectivity index (χ1n) is 6.81. The first-order valence-corrected chi connectivity index (χ1v) is 6.81. The number of hydrogen-bond acceptors (Lipinski definition) is 3. The minimum absolute atomic E-state index is 0.0671. The molecule has 2 aromatic rings. The summed E-state index contributed by atoms with van der Waals surface area (Å²) in [6.07, 6.45) is 1.27. The number of aliphatic hydroxyl groups excluding tert-OH is 1. The maximum atomic E-state index is 12.4. The largest absolute Gasteiger partial charge is 0.394 e. The third-order valence-electron chi connectivity index (χ3n) is 3.91. The van der Waals surface area contributed by atoms with Crippen LogP contribution in [-0.4, -0.2) is 41.4 Å². The molecule has 1 amide bonds. The van der Waals surface area contributed by atoms with E-state index in [4.69, 9.17) is 4.74 Å². The summed E-state index contributed by atoms with van der Waals surface area (Å²) in [4.78, 5) is 15.5. The van der Waals surface area contributed by atoms with Crippen molar-refractivity contribution in [3.63, 3.8) is 0 Å². The molecular formula is C15H18N2O3. The summed E-state index contributed by atoms with van der Waals surface area (Å²) in [5, 5.41) is 13.6. The van der Waals surface area contributed by atoms with Crippen molar-refractivity contribution < 1.29 is 14.6 Å². The van der Waals surface area contributed by atoms with Gasteiger partial charge in [0.2, 0.25) is 0 Å². The molecule has 5 nitrogen and oxygen atoms in total. The first kappa shape index (κ1) is 13.1. The lowest BCUT2D eigenvalue weighted by Crippen LogP contribution is -2.54. The number of H-pyrrole nitrogens is 1. The maximum Gasteiger partial charge on any atom is 0.268 e. The number of rotatable bonds is 3. The Morgan fingerprint density at radius 2 is 2.10 bits per heavy atom. The fourth-order valence-corrected chi connectivity index (χ4v) is 2.59. The van der Waals surface area contributed by atoms with E-state index < -0.39 is 5.54 Å². The number of benzene rings is 1. The van der Waals surface area contributed by atoms with Gasteiger partial charge in [0, 0.05) is 24.1 Å². The van der Waals surface area contributed by atoms with E-state index in [0.29, 0.717) is 31.7 Å². The van der Waals surface area contributed by atoms with E-state index >= 15 is 0 Å². The van der Waals surface area contributed by atoms with E-state index in [0.717, 1.165) is 10.9 Å². The Hall–Kier alpha value is -1.85. The molecule has 1 aromatic heterocycles. The van der Waals surface area contributed by atoms with Gasteiger partial charge in [-0.3, -0.25) is 4.79 Å². The Bertz CT molecular complexity index is 581. The van der Waals surface area contributed by atoms with Crippen molar-refractivity contribution in [3.05, 3.63) is 36.0 Å². The molecule has 1 fully saturated rings. The van der Waals surface area contributed by atoms with Gasteiger partial charge < -0.3 is 20.1 Å². The first-order chi connectivity index (χ1) is 9.72. The van der Waals surface area contributed by atoms with Crippen LogP contribution < -0.4 is 5.32 Å². The van der Waals surface area contributed by atoms with Gasteiger partial charge in [-0.15, -0.1) is 0 Å². The zero-order valence-corrected chi connectivity index (χ0v) is 11.2. The van der Waals surface area contributed by atoms with Gasteiger partial charge in [-0.25, -0.2) is 0 Å². The number of hydrogen-bond donors (Lipinski definition) is 3. The smallest absolute Gasteiger partial charge is 0.268 e. The van der Waals surface area contributed by atoms with Crippen molar-refractivity contribution in [2.24, 2.45) is 0 Å². The van der Waals surface area contributed by atoms with E-state index in [1.54, 1.807) is 0 Å². The molecule has 1 saturated heterocycles. The Balaban J connectivity index is 1.81. The van der Waals surface area contributed by atoms with Crippen LogP contribution in [0.25, 0.3) is 10.9 Å². The second kappa shape index (κ2) is 5.26. The van der Waals surface area contributed by atoms with Crippen molar-refractivity contribution in [1.82, 2.24) is 10.3 Å². The SMILES string of the molecule is O=C(NC1(CO)CCOCC1)c1cc2ccccc2[nH]1. The van der Waals surface area contributed by atoms with Gasteiger partial charge >= 0.3 is 0 Å². The quantitative estimate of drug-likeness (QED) is 0.793. The Labute approximate surface area is 116 Å². The molecule has 3 N–H and O–H groups in total. The van der Waals surface area contributed by atoms with Crippen LogP contribution in [0.15, 0.2) is 30.3 Å². The van der Waals surface area contributed by atoms with Crippen molar-refractivity contribution in [1.29, 1.82) is 0 Å². The molecule has 1 aromatic carbocycles. The fourth-order valence-electron chi connectivity index (χ4n) is 2.59. The van der Waals surface area contributed by atoms with Crippen molar-refractivity contribution in [3.8, 4) is 0 Å². The fraction of sp³-hybridized carbons (Fsp3) is 0.400. The predicted octanol–water partition coefficient (Wildman–Crippen LogP) is 1.44. The van der Waals surface area contributed by atoms with Crippen molar-refractivity contribution in [2.75, 3.05) is 19.8 Å². The van der Waals surface area contributed by atoms with Crippen LogP contribution in [0.1, 0.15) is 23.3 Å². The predicted molar refractivity (Wildman–Crippen MR) is 75.6 cm³/mol. The highest BCUT2D eigenvalue weighted by Crippen LogP contribution is 2.21. The van der Waals surface area contributed by atoms with Gasteiger partial charge in [0.25, 0.3) is 5.91 Å². The average molecular weight is 274 g/mol. The lowest BCUT2D eigenvalue weighted by molar-refractivity contribution is 0.0124. The van der Waals surface area contributed by atoms with Crippen LogP contribution >= 0.6 is 0 Å². The third-order valence-corrected chi connectivity index (χ3v) is 3.91. The summed E-state index contributed by atoms with van der Waals surface area (Å²) in [6.45, 7) is 1.06. The molecule has 3 rings (SSSR count). The monoisotopic (exact) mass is 274 g/mol. The summed E-state index contributed by atoms with van der Waals surface area (Å²) in [5.41, 5.74) is 0.889. The second-order valence-electron chi connectivity index (χ2n) is 5.28. The molecule has 2 heterocycles. The Kier molecular flexibility index (Phi) is 3.46. The van der Waals surface area contributed by atoms with Gasteiger partial charge in [0.05, 0.1) is 12.1 Å². The molecule has 106 valence electrons. The molecule has 1 aliphatic heterocycles. The van der Waals surface area contributed by atoms with Gasteiger partial charge in [-0.1, -0.05) is 18.2 Å². The van der Waals surface area contributed by atoms with Crippen LogP contribution in [0.2, 0.25) is 0 Å². The van der Waals surface area contributed by atoms with Crippen LogP contribution in [-0.2, 0) is 4.74 Å². The number of carbonyl (C=O) groups is 1. The number of fused-ring (bicyclic) bond motifs is 1. The minimum atomic E-state index is -0.563. The summed E-state index contributed by atoms with van der Waals surface area (Å²) in [6, 6.07) is 9.58. The zero-order chi connectivity index (χ0) is 14.0. The maximum absolute atomic E-state index is 12.4. The van der Waals surface area contributed by atoms with Gasteiger partial charge in [0.15, 0.2) is 0 Å². The Morgan fingerprint density at radius 1 is 1.35 bits per heavy atom. The number of aliphatic hydroxyl groups is 1. The molecule has 1 aliphatic rings. The Morgan fingerprint density at radius 3 is 2.80 bits per heavy atom. The second-order valence-corrected chi connectivity index (χ2v) is 5.28. The summed E-state index contributed by atoms with van der Waals surface area (Å²) < 4.78 is 5.29.